The van der Waals surface area contributed by atoms with Crippen LogP contribution in [-0.2, 0) is 0 Å². The second-order valence-corrected chi connectivity index (χ2v) is 5.13. The smallest absolute Gasteiger partial charge is 0.338 e. The highest BCUT2D eigenvalue weighted by molar-refractivity contribution is 6.03. The van der Waals surface area contributed by atoms with Gasteiger partial charge in [-0.3, -0.25) is 14.7 Å². The lowest BCUT2D eigenvalue weighted by Gasteiger charge is -2.36. The van der Waals surface area contributed by atoms with Crippen molar-refractivity contribution in [1.29, 1.82) is 0 Å². The number of carbonyl (C=O) groups is 2. The summed E-state index contributed by atoms with van der Waals surface area (Å²) in [6.07, 6.45) is 1.45. The van der Waals surface area contributed by atoms with Crippen molar-refractivity contribution < 1.29 is 14.7 Å². The summed E-state index contributed by atoms with van der Waals surface area (Å²) in [5.41, 5.74) is -0.0122. The Bertz CT molecular complexity index is 508. The van der Waals surface area contributed by atoms with Crippen molar-refractivity contribution in [3.8, 4) is 0 Å². The molecule has 1 N–H and O–H groups in total. The monoisotopic (exact) mass is 277 g/mol. The van der Waals surface area contributed by atoms with Crippen LogP contribution in [0.15, 0.2) is 18.3 Å². The number of rotatable bonds is 3. The van der Waals surface area contributed by atoms with Gasteiger partial charge in [0.25, 0.3) is 5.91 Å². The molecule has 6 nitrogen and oxygen atoms in total. The Morgan fingerprint density at radius 3 is 2.45 bits per heavy atom. The highest BCUT2D eigenvalue weighted by Crippen LogP contribution is 2.12. The summed E-state index contributed by atoms with van der Waals surface area (Å²) in [5, 5.41) is 9.11. The van der Waals surface area contributed by atoms with Gasteiger partial charge in [0.15, 0.2) is 0 Å². The van der Waals surface area contributed by atoms with E-state index in [0.717, 1.165) is 13.1 Å². The fourth-order valence-electron chi connectivity index (χ4n) is 2.34. The molecule has 0 aromatic carbocycles. The maximum absolute atomic E-state index is 12.4. The number of pyridine rings is 1. The summed E-state index contributed by atoms with van der Waals surface area (Å²) in [5.74, 6) is -1.42. The molecule has 20 heavy (non-hydrogen) atoms. The first-order valence-electron chi connectivity index (χ1n) is 6.72. The second-order valence-electron chi connectivity index (χ2n) is 5.13. The van der Waals surface area contributed by atoms with Gasteiger partial charge in [0.05, 0.1) is 5.56 Å². The molecule has 0 atom stereocenters. The molecule has 1 amide bonds. The molecule has 1 aliphatic heterocycles. The van der Waals surface area contributed by atoms with E-state index in [4.69, 9.17) is 5.11 Å². The van der Waals surface area contributed by atoms with E-state index in [-0.39, 0.29) is 17.2 Å². The van der Waals surface area contributed by atoms with E-state index < -0.39 is 5.97 Å². The highest BCUT2D eigenvalue weighted by Gasteiger charge is 2.26. The summed E-state index contributed by atoms with van der Waals surface area (Å²) >= 11 is 0. The third-order valence-corrected chi connectivity index (χ3v) is 3.57. The molecule has 0 unspecified atom stereocenters. The SMILES string of the molecule is CC(C)N1CCN(C(=O)c2ncccc2C(=O)O)CC1. The maximum atomic E-state index is 12.4. The van der Waals surface area contributed by atoms with Gasteiger partial charge in [-0.05, 0) is 26.0 Å². The van der Waals surface area contributed by atoms with Gasteiger partial charge in [0.2, 0.25) is 0 Å². The average molecular weight is 277 g/mol. The minimum absolute atomic E-state index is 0.0259. The van der Waals surface area contributed by atoms with E-state index in [0.29, 0.717) is 19.1 Å². The van der Waals surface area contributed by atoms with Crippen molar-refractivity contribution in [3.63, 3.8) is 0 Å². The fourth-order valence-corrected chi connectivity index (χ4v) is 2.34. The van der Waals surface area contributed by atoms with E-state index in [9.17, 15) is 9.59 Å². The number of aromatic carboxylic acids is 1. The lowest BCUT2D eigenvalue weighted by Crippen LogP contribution is -2.51. The molecule has 0 spiro atoms. The van der Waals surface area contributed by atoms with Gasteiger partial charge in [-0.15, -0.1) is 0 Å². The Hall–Kier alpha value is -1.95. The van der Waals surface area contributed by atoms with Crippen LogP contribution in [0.5, 0.6) is 0 Å². The number of carboxylic acids is 1. The Labute approximate surface area is 118 Å². The zero-order chi connectivity index (χ0) is 14.7. The predicted octanol–water partition coefficient (Wildman–Crippen LogP) is 0.946. The standard InChI is InChI=1S/C14H19N3O3/c1-10(2)16-6-8-17(9-7-16)13(18)12-11(14(19)20)4-3-5-15-12/h3-5,10H,6-9H2,1-2H3,(H,19,20). The average Bonchev–Trinajstić information content (AvgIpc) is 2.46. The number of nitrogens with zero attached hydrogens (tertiary/aromatic N) is 3. The zero-order valence-electron chi connectivity index (χ0n) is 11.7. The number of carbonyl (C=O) groups excluding carboxylic acids is 1. The molecular weight excluding hydrogens is 258 g/mol. The lowest BCUT2D eigenvalue weighted by molar-refractivity contribution is 0.0575. The van der Waals surface area contributed by atoms with E-state index in [1.807, 2.05) is 0 Å². The van der Waals surface area contributed by atoms with Gasteiger partial charge < -0.3 is 10.0 Å². The number of amides is 1. The summed E-state index contributed by atoms with van der Waals surface area (Å²) in [7, 11) is 0. The van der Waals surface area contributed by atoms with Gasteiger partial charge in [-0.1, -0.05) is 0 Å². The summed E-state index contributed by atoms with van der Waals surface area (Å²) in [6.45, 7) is 7.06. The Morgan fingerprint density at radius 1 is 1.25 bits per heavy atom. The summed E-state index contributed by atoms with van der Waals surface area (Å²) < 4.78 is 0. The van der Waals surface area contributed by atoms with Crippen molar-refractivity contribution in [2.75, 3.05) is 26.2 Å². The number of piperazine rings is 1. The first-order valence-corrected chi connectivity index (χ1v) is 6.72. The van der Waals surface area contributed by atoms with E-state index in [2.05, 4.69) is 23.7 Å². The number of hydrogen-bond acceptors (Lipinski definition) is 4. The van der Waals surface area contributed by atoms with E-state index >= 15 is 0 Å². The molecule has 1 aromatic rings. The molecule has 1 aromatic heterocycles. The van der Waals surface area contributed by atoms with Crippen molar-refractivity contribution in [1.82, 2.24) is 14.8 Å². The van der Waals surface area contributed by atoms with Crippen molar-refractivity contribution in [3.05, 3.63) is 29.6 Å². The number of hydrogen-bond donors (Lipinski definition) is 1. The van der Waals surface area contributed by atoms with Gasteiger partial charge >= 0.3 is 5.97 Å². The summed E-state index contributed by atoms with van der Waals surface area (Å²) in [4.78, 5) is 31.4. The molecule has 2 heterocycles. The molecule has 0 saturated carbocycles. The van der Waals surface area contributed by atoms with Crippen LogP contribution in [0.2, 0.25) is 0 Å². The fraction of sp³-hybridized carbons (Fsp3) is 0.500. The molecule has 108 valence electrons. The Balaban J connectivity index is 2.12. The van der Waals surface area contributed by atoms with Gasteiger partial charge in [0.1, 0.15) is 5.69 Å². The van der Waals surface area contributed by atoms with Crippen LogP contribution in [0.3, 0.4) is 0 Å². The summed E-state index contributed by atoms with van der Waals surface area (Å²) in [6, 6.07) is 3.39. The molecule has 2 rings (SSSR count). The topological polar surface area (TPSA) is 73.7 Å². The largest absolute Gasteiger partial charge is 0.478 e. The van der Waals surface area contributed by atoms with Crippen molar-refractivity contribution >= 4 is 11.9 Å². The minimum atomic E-state index is -1.12. The van der Waals surface area contributed by atoms with Gasteiger partial charge in [-0.2, -0.15) is 0 Å². The molecule has 1 saturated heterocycles. The molecule has 0 bridgehead atoms. The van der Waals surface area contributed by atoms with Crippen LogP contribution < -0.4 is 0 Å². The first-order chi connectivity index (χ1) is 9.50. The second kappa shape index (κ2) is 6.00. The molecule has 0 radical (unpaired) electrons. The van der Waals surface area contributed by atoms with E-state index in [1.54, 1.807) is 4.90 Å². The van der Waals surface area contributed by atoms with E-state index in [1.165, 1.54) is 18.3 Å². The van der Waals surface area contributed by atoms with Gasteiger partial charge in [-0.25, -0.2) is 4.79 Å². The minimum Gasteiger partial charge on any atom is -0.478 e. The zero-order valence-corrected chi connectivity index (χ0v) is 11.7. The molecule has 0 aliphatic carbocycles. The Kier molecular flexibility index (Phi) is 4.34. The van der Waals surface area contributed by atoms with Crippen LogP contribution in [0.1, 0.15) is 34.7 Å². The number of aromatic nitrogens is 1. The molecular formula is C14H19N3O3. The van der Waals surface area contributed by atoms with Crippen LogP contribution in [0.25, 0.3) is 0 Å². The Morgan fingerprint density at radius 2 is 1.90 bits per heavy atom. The first kappa shape index (κ1) is 14.5. The maximum Gasteiger partial charge on any atom is 0.338 e. The lowest BCUT2D eigenvalue weighted by atomic mass is 10.1. The van der Waals surface area contributed by atoms with Crippen LogP contribution in [0, 0.1) is 0 Å². The van der Waals surface area contributed by atoms with Crippen LogP contribution >= 0.6 is 0 Å². The molecule has 1 fully saturated rings. The van der Waals surface area contributed by atoms with Crippen molar-refractivity contribution in [2.45, 2.75) is 19.9 Å². The normalized spacial score (nSPS) is 16.4. The van der Waals surface area contributed by atoms with Crippen molar-refractivity contribution in [2.24, 2.45) is 0 Å². The predicted molar refractivity (Wildman–Crippen MR) is 73.8 cm³/mol. The third kappa shape index (κ3) is 2.96. The third-order valence-electron chi connectivity index (χ3n) is 3.57. The van der Waals surface area contributed by atoms with Crippen LogP contribution in [0.4, 0.5) is 0 Å². The quantitative estimate of drug-likeness (QED) is 0.890. The van der Waals surface area contributed by atoms with Crippen LogP contribution in [-0.4, -0.2) is 64.0 Å². The van der Waals surface area contributed by atoms with Gasteiger partial charge in [0, 0.05) is 38.4 Å². The molecule has 6 heteroatoms. The number of carboxylic acid groups (broad SMARTS) is 1. The molecule has 1 aliphatic rings. The highest BCUT2D eigenvalue weighted by atomic mass is 16.4.